The van der Waals surface area contributed by atoms with Gasteiger partial charge in [-0.2, -0.15) is 4.98 Å². The van der Waals surface area contributed by atoms with Crippen LogP contribution in [0.5, 0.6) is 17.2 Å². The molecule has 1 N–H and O–H groups in total. The number of ether oxygens (including phenoxy) is 2. The summed E-state index contributed by atoms with van der Waals surface area (Å²) in [4.78, 5) is 16.6. The van der Waals surface area contributed by atoms with Crippen LogP contribution in [-0.4, -0.2) is 23.2 Å². The van der Waals surface area contributed by atoms with E-state index in [1.54, 1.807) is 31.4 Å². The minimum absolute atomic E-state index is 0.141. The minimum atomic E-state index is -0.141. The van der Waals surface area contributed by atoms with Crippen molar-refractivity contribution in [3.05, 3.63) is 84.8 Å². The first-order valence-electron chi connectivity index (χ1n) is 9.80. The highest BCUT2D eigenvalue weighted by molar-refractivity contribution is 5.90. The first-order valence-corrected chi connectivity index (χ1v) is 9.80. The number of carbonyl (C=O) groups excluding carboxylic acids is 1. The molecule has 7 heteroatoms. The van der Waals surface area contributed by atoms with Gasteiger partial charge < -0.3 is 19.3 Å². The number of nitrogens with one attached hydrogen (secondary N) is 1. The molecule has 0 unspecified atom stereocenters. The molecule has 31 heavy (non-hydrogen) atoms. The quantitative estimate of drug-likeness (QED) is 0.430. The number of nitrogens with zero attached hydrogens (tertiary/aromatic N) is 2. The Morgan fingerprint density at radius 2 is 1.65 bits per heavy atom. The maximum atomic E-state index is 12.3. The number of aromatic nitrogens is 2. The van der Waals surface area contributed by atoms with E-state index in [0.717, 1.165) is 5.56 Å². The van der Waals surface area contributed by atoms with Gasteiger partial charge in [-0.15, -0.1) is 0 Å². The second-order valence-electron chi connectivity index (χ2n) is 6.70. The Kier molecular flexibility index (Phi) is 6.23. The predicted molar refractivity (Wildman–Crippen MR) is 116 cm³/mol. The zero-order valence-corrected chi connectivity index (χ0v) is 16.9. The van der Waals surface area contributed by atoms with Crippen molar-refractivity contribution < 1.29 is 18.8 Å². The zero-order chi connectivity index (χ0) is 21.5. The number of para-hydroxylation sites is 2. The van der Waals surface area contributed by atoms with E-state index in [1.165, 1.54) is 0 Å². The van der Waals surface area contributed by atoms with Gasteiger partial charge in [-0.3, -0.25) is 4.79 Å². The van der Waals surface area contributed by atoms with Gasteiger partial charge in [0, 0.05) is 24.1 Å². The van der Waals surface area contributed by atoms with Crippen molar-refractivity contribution in [3.8, 4) is 28.6 Å². The molecule has 1 heterocycles. The summed E-state index contributed by atoms with van der Waals surface area (Å²) in [7, 11) is 1.59. The molecule has 7 nitrogen and oxygen atoms in total. The Balaban J connectivity index is 1.29. The molecular formula is C24H21N3O4. The van der Waals surface area contributed by atoms with E-state index >= 15 is 0 Å². The van der Waals surface area contributed by atoms with Crippen molar-refractivity contribution in [2.24, 2.45) is 0 Å². The average molecular weight is 415 g/mol. The Labute approximate surface area is 179 Å². The van der Waals surface area contributed by atoms with Crippen molar-refractivity contribution >= 4 is 11.6 Å². The fraction of sp³-hybridized carbons (Fsp3) is 0.125. The highest BCUT2D eigenvalue weighted by Gasteiger charge is 2.11. The van der Waals surface area contributed by atoms with Gasteiger partial charge in [-0.1, -0.05) is 47.6 Å². The summed E-state index contributed by atoms with van der Waals surface area (Å²) in [5.74, 6) is 2.71. The topological polar surface area (TPSA) is 86.5 Å². The second kappa shape index (κ2) is 9.58. The minimum Gasteiger partial charge on any atom is -0.493 e. The molecule has 0 saturated carbocycles. The fourth-order valence-corrected chi connectivity index (χ4v) is 2.94. The van der Waals surface area contributed by atoms with E-state index in [0.29, 0.717) is 41.1 Å². The molecule has 3 aromatic carbocycles. The number of anilines is 1. The van der Waals surface area contributed by atoms with E-state index < -0.39 is 0 Å². The Bertz CT molecular complexity index is 1140. The van der Waals surface area contributed by atoms with Crippen molar-refractivity contribution in [2.45, 2.75) is 12.8 Å². The second-order valence-corrected chi connectivity index (χ2v) is 6.70. The van der Waals surface area contributed by atoms with Crippen LogP contribution in [0.3, 0.4) is 0 Å². The largest absolute Gasteiger partial charge is 0.493 e. The number of carbonyl (C=O) groups is 1. The van der Waals surface area contributed by atoms with Crippen LogP contribution < -0.4 is 14.8 Å². The number of hydrogen-bond donors (Lipinski definition) is 1. The van der Waals surface area contributed by atoms with E-state index in [4.69, 9.17) is 14.0 Å². The molecule has 0 aliphatic carbocycles. The first-order chi connectivity index (χ1) is 15.2. The van der Waals surface area contributed by atoms with Gasteiger partial charge in [-0.05, 0) is 36.4 Å². The number of hydrogen-bond acceptors (Lipinski definition) is 6. The van der Waals surface area contributed by atoms with Gasteiger partial charge in [0.05, 0.1) is 7.11 Å². The van der Waals surface area contributed by atoms with Crippen LogP contribution in [0.25, 0.3) is 11.4 Å². The molecule has 0 bridgehead atoms. The van der Waals surface area contributed by atoms with E-state index in [-0.39, 0.29) is 12.3 Å². The number of methoxy groups -OCH3 is 1. The van der Waals surface area contributed by atoms with Gasteiger partial charge in [-0.25, -0.2) is 0 Å². The summed E-state index contributed by atoms with van der Waals surface area (Å²) in [5, 5.41) is 6.82. The van der Waals surface area contributed by atoms with Crippen LogP contribution in [0.4, 0.5) is 5.69 Å². The molecule has 0 aliphatic rings. The monoisotopic (exact) mass is 415 g/mol. The molecule has 1 amide bonds. The average Bonchev–Trinajstić information content (AvgIpc) is 3.29. The Morgan fingerprint density at radius 1 is 0.935 bits per heavy atom. The van der Waals surface area contributed by atoms with Gasteiger partial charge in [0.2, 0.25) is 17.6 Å². The molecule has 4 aromatic rings. The van der Waals surface area contributed by atoms with Crippen LogP contribution >= 0.6 is 0 Å². The lowest BCUT2D eigenvalue weighted by Gasteiger charge is -2.10. The third-order valence-corrected chi connectivity index (χ3v) is 4.50. The summed E-state index contributed by atoms with van der Waals surface area (Å²) in [6, 6.07) is 24.1. The number of rotatable bonds is 8. The van der Waals surface area contributed by atoms with E-state index in [1.807, 2.05) is 54.6 Å². The molecule has 1 aromatic heterocycles. The summed E-state index contributed by atoms with van der Waals surface area (Å²) < 4.78 is 16.4. The van der Waals surface area contributed by atoms with Gasteiger partial charge >= 0.3 is 0 Å². The maximum absolute atomic E-state index is 12.3. The molecule has 0 spiro atoms. The lowest BCUT2D eigenvalue weighted by Crippen LogP contribution is -2.12. The van der Waals surface area contributed by atoms with Crippen molar-refractivity contribution in [1.29, 1.82) is 0 Å². The highest BCUT2D eigenvalue weighted by Crippen LogP contribution is 2.31. The molecular weight excluding hydrogens is 394 g/mol. The van der Waals surface area contributed by atoms with Crippen LogP contribution in [0.1, 0.15) is 12.3 Å². The van der Waals surface area contributed by atoms with Gasteiger partial charge in [0.1, 0.15) is 5.75 Å². The summed E-state index contributed by atoms with van der Waals surface area (Å²) >= 11 is 0. The van der Waals surface area contributed by atoms with Crippen LogP contribution in [0.2, 0.25) is 0 Å². The van der Waals surface area contributed by atoms with E-state index in [9.17, 15) is 4.79 Å². The molecule has 0 aliphatic heterocycles. The predicted octanol–water partition coefficient (Wildman–Crippen LogP) is 5.11. The molecule has 0 saturated heterocycles. The van der Waals surface area contributed by atoms with Crippen LogP contribution in [0.15, 0.2) is 83.4 Å². The third-order valence-electron chi connectivity index (χ3n) is 4.50. The number of benzene rings is 3. The van der Waals surface area contributed by atoms with Crippen molar-refractivity contribution in [3.63, 3.8) is 0 Å². The lowest BCUT2D eigenvalue weighted by atomic mass is 10.2. The SMILES string of the molecule is COc1ccccc1Oc1ccc(NC(=O)CCc2nc(-c3ccccc3)no2)cc1. The fourth-order valence-electron chi connectivity index (χ4n) is 2.94. The van der Waals surface area contributed by atoms with Crippen LogP contribution in [0, 0.1) is 0 Å². The van der Waals surface area contributed by atoms with Crippen molar-refractivity contribution in [2.75, 3.05) is 12.4 Å². The maximum Gasteiger partial charge on any atom is 0.227 e. The number of amides is 1. The molecule has 0 atom stereocenters. The zero-order valence-electron chi connectivity index (χ0n) is 16.9. The standard InChI is InChI=1S/C24H21N3O4/c1-29-20-9-5-6-10-21(20)30-19-13-11-18(12-14-19)25-22(28)15-16-23-26-24(27-31-23)17-7-3-2-4-8-17/h2-14H,15-16H2,1H3,(H,25,28). The van der Waals surface area contributed by atoms with Gasteiger partial charge in [0.25, 0.3) is 0 Å². The molecule has 0 radical (unpaired) electrons. The summed E-state index contributed by atoms with van der Waals surface area (Å²) in [6.07, 6.45) is 0.594. The van der Waals surface area contributed by atoms with Crippen molar-refractivity contribution in [1.82, 2.24) is 10.1 Å². The van der Waals surface area contributed by atoms with Crippen LogP contribution in [-0.2, 0) is 11.2 Å². The normalized spacial score (nSPS) is 10.5. The highest BCUT2D eigenvalue weighted by atomic mass is 16.5. The number of aryl methyl sites for hydroxylation is 1. The summed E-state index contributed by atoms with van der Waals surface area (Å²) in [6.45, 7) is 0. The Hall–Kier alpha value is -4.13. The first kappa shape index (κ1) is 20.2. The van der Waals surface area contributed by atoms with Gasteiger partial charge in [0.15, 0.2) is 11.5 Å². The molecule has 4 rings (SSSR count). The summed E-state index contributed by atoms with van der Waals surface area (Å²) in [5.41, 5.74) is 1.55. The van der Waals surface area contributed by atoms with E-state index in [2.05, 4.69) is 15.5 Å². The smallest absolute Gasteiger partial charge is 0.227 e. The molecule has 0 fully saturated rings. The lowest BCUT2D eigenvalue weighted by molar-refractivity contribution is -0.116. The molecule has 156 valence electrons. The Morgan fingerprint density at radius 3 is 2.39 bits per heavy atom. The third kappa shape index (κ3) is 5.27.